The molecule has 2 rings (SSSR count). The number of unbranched alkanes of at least 4 members (excludes halogenated alkanes) is 2. The van der Waals surface area contributed by atoms with Crippen molar-refractivity contribution in [1.82, 2.24) is 4.90 Å². The van der Waals surface area contributed by atoms with E-state index >= 15 is 0 Å². The molecule has 0 aromatic carbocycles. The zero-order valence-corrected chi connectivity index (χ0v) is 11.6. The van der Waals surface area contributed by atoms with E-state index in [4.69, 9.17) is 0 Å². The summed E-state index contributed by atoms with van der Waals surface area (Å²) in [6, 6.07) is 0. The average Bonchev–Trinajstić information content (AvgIpc) is 2.68. The van der Waals surface area contributed by atoms with Gasteiger partial charge in [-0.2, -0.15) is 0 Å². The summed E-state index contributed by atoms with van der Waals surface area (Å²) >= 11 is 0. The van der Waals surface area contributed by atoms with Gasteiger partial charge in [0.15, 0.2) is 0 Å². The van der Waals surface area contributed by atoms with Crippen molar-refractivity contribution in [2.24, 2.45) is 23.7 Å². The van der Waals surface area contributed by atoms with Gasteiger partial charge in [-0.05, 0) is 37.0 Å². The standard InChI is InChI=1S/C15H27NO/c1-4-5-6-9-16-10-12(3)13-8-7-11(2)14(13)15(16)17/h11-14H,4-10H2,1-3H3/t11-,12+,13+,14+/m0/s1. The van der Waals surface area contributed by atoms with E-state index in [2.05, 4.69) is 25.7 Å². The van der Waals surface area contributed by atoms with Crippen molar-refractivity contribution in [3.63, 3.8) is 0 Å². The summed E-state index contributed by atoms with van der Waals surface area (Å²) < 4.78 is 0. The van der Waals surface area contributed by atoms with Gasteiger partial charge >= 0.3 is 0 Å². The Morgan fingerprint density at radius 1 is 1.18 bits per heavy atom. The SMILES string of the molecule is CCCCCN1C[C@@H](C)[C@H]2CC[C@H](C)[C@H]2C1=O. The Kier molecular flexibility index (Phi) is 4.11. The van der Waals surface area contributed by atoms with Gasteiger partial charge < -0.3 is 4.90 Å². The first kappa shape index (κ1) is 12.9. The molecule has 2 nitrogen and oxygen atoms in total. The number of likely N-dealkylation sites (tertiary alicyclic amines) is 1. The van der Waals surface area contributed by atoms with Gasteiger partial charge in [0.1, 0.15) is 0 Å². The lowest BCUT2D eigenvalue weighted by Crippen LogP contribution is -2.49. The molecule has 4 atom stereocenters. The number of carbonyl (C=O) groups is 1. The zero-order chi connectivity index (χ0) is 12.4. The van der Waals surface area contributed by atoms with Gasteiger partial charge in [0.2, 0.25) is 5.91 Å². The third kappa shape index (κ3) is 2.51. The summed E-state index contributed by atoms with van der Waals surface area (Å²) in [6.45, 7) is 8.83. The lowest BCUT2D eigenvalue weighted by Gasteiger charge is -2.40. The quantitative estimate of drug-likeness (QED) is 0.687. The summed E-state index contributed by atoms with van der Waals surface area (Å²) in [5, 5.41) is 0. The maximum absolute atomic E-state index is 12.5. The Hall–Kier alpha value is -0.530. The molecule has 2 aliphatic rings. The van der Waals surface area contributed by atoms with Crippen molar-refractivity contribution >= 4 is 5.91 Å². The monoisotopic (exact) mass is 237 g/mol. The first-order valence-corrected chi connectivity index (χ1v) is 7.44. The molecule has 0 unspecified atom stereocenters. The van der Waals surface area contributed by atoms with Gasteiger partial charge in [-0.25, -0.2) is 0 Å². The summed E-state index contributed by atoms with van der Waals surface area (Å²) in [4.78, 5) is 14.6. The topological polar surface area (TPSA) is 20.3 Å². The molecule has 1 aliphatic carbocycles. The van der Waals surface area contributed by atoms with E-state index in [1.807, 2.05) is 0 Å². The minimum Gasteiger partial charge on any atom is -0.342 e. The number of hydrogen-bond acceptors (Lipinski definition) is 1. The molecule has 0 spiro atoms. The summed E-state index contributed by atoms with van der Waals surface area (Å²) in [7, 11) is 0. The maximum atomic E-state index is 12.5. The van der Waals surface area contributed by atoms with E-state index in [0.717, 1.165) is 13.1 Å². The average molecular weight is 237 g/mol. The summed E-state index contributed by atoms with van der Waals surface area (Å²) in [6.07, 6.45) is 6.21. The zero-order valence-electron chi connectivity index (χ0n) is 11.6. The van der Waals surface area contributed by atoms with Crippen molar-refractivity contribution < 1.29 is 4.79 Å². The Balaban J connectivity index is 1.98. The fraction of sp³-hybridized carbons (Fsp3) is 0.933. The van der Waals surface area contributed by atoms with Crippen molar-refractivity contribution in [2.75, 3.05) is 13.1 Å². The number of hydrogen-bond donors (Lipinski definition) is 0. The van der Waals surface area contributed by atoms with Crippen LogP contribution in [-0.2, 0) is 4.79 Å². The van der Waals surface area contributed by atoms with Crippen LogP contribution in [0.1, 0.15) is 52.9 Å². The molecule has 1 aliphatic heterocycles. The van der Waals surface area contributed by atoms with Crippen molar-refractivity contribution in [2.45, 2.75) is 52.9 Å². The highest BCUT2D eigenvalue weighted by molar-refractivity contribution is 5.80. The molecule has 0 aromatic heterocycles. The number of rotatable bonds is 4. The minimum absolute atomic E-state index is 0.348. The molecule has 0 N–H and O–H groups in total. The fourth-order valence-electron chi connectivity index (χ4n) is 3.84. The van der Waals surface area contributed by atoms with E-state index < -0.39 is 0 Å². The lowest BCUT2D eigenvalue weighted by atomic mass is 9.78. The van der Waals surface area contributed by atoms with E-state index in [1.165, 1.54) is 32.1 Å². The predicted octanol–water partition coefficient (Wildman–Crippen LogP) is 3.32. The third-order valence-corrected chi connectivity index (χ3v) is 4.90. The third-order valence-electron chi connectivity index (χ3n) is 4.90. The highest BCUT2D eigenvalue weighted by Crippen LogP contribution is 2.45. The molecule has 1 saturated carbocycles. The largest absolute Gasteiger partial charge is 0.342 e. The summed E-state index contributed by atoms with van der Waals surface area (Å²) in [5.41, 5.74) is 0. The first-order valence-electron chi connectivity index (χ1n) is 7.44. The normalized spacial score (nSPS) is 37.4. The molecule has 0 aromatic rings. The molecule has 2 heteroatoms. The first-order chi connectivity index (χ1) is 8.15. The molecule has 1 saturated heterocycles. The summed E-state index contributed by atoms with van der Waals surface area (Å²) in [5.74, 6) is 2.82. The number of fused-ring (bicyclic) bond motifs is 1. The van der Waals surface area contributed by atoms with Crippen LogP contribution in [0.5, 0.6) is 0 Å². The second-order valence-electron chi connectivity index (χ2n) is 6.21. The molecular weight excluding hydrogens is 210 g/mol. The van der Waals surface area contributed by atoms with E-state index in [9.17, 15) is 4.79 Å². The second-order valence-corrected chi connectivity index (χ2v) is 6.21. The molecule has 2 fully saturated rings. The molecule has 98 valence electrons. The number of amides is 1. The van der Waals surface area contributed by atoms with Crippen LogP contribution in [0.2, 0.25) is 0 Å². The maximum Gasteiger partial charge on any atom is 0.226 e. The van der Waals surface area contributed by atoms with Crippen LogP contribution in [-0.4, -0.2) is 23.9 Å². The molecular formula is C15H27NO. The van der Waals surface area contributed by atoms with Gasteiger partial charge in [0.25, 0.3) is 0 Å². The molecule has 0 bridgehead atoms. The second kappa shape index (κ2) is 5.41. The molecule has 1 amide bonds. The molecule has 1 heterocycles. The van der Waals surface area contributed by atoms with Crippen LogP contribution in [0.15, 0.2) is 0 Å². The lowest BCUT2D eigenvalue weighted by molar-refractivity contribution is -0.144. The number of carbonyl (C=O) groups excluding carboxylic acids is 1. The van der Waals surface area contributed by atoms with Crippen molar-refractivity contribution in [3.8, 4) is 0 Å². The highest BCUT2D eigenvalue weighted by atomic mass is 16.2. The Bertz CT molecular complexity index is 276. The number of nitrogens with zero attached hydrogens (tertiary/aromatic N) is 1. The molecule has 17 heavy (non-hydrogen) atoms. The van der Waals surface area contributed by atoms with Gasteiger partial charge in [-0.15, -0.1) is 0 Å². The van der Waals surface area contributed by atoms with E-state index in [0.29, 0.717) is 29.6 Å². The minimum atomic E-state index is 0.348. The highest BCUT2D eigenvalue weighted by Gasteiger charge is 2.46. The van der Waals surface area contributed by atoms with Crippen molar-refractivity contribution in [1.29, 1.82) is 0 Å². The van der Waals surface area contributed by atoms with Crippen LogP contribution in [0, 0.1) is 23.7 Å². The van der Waals surface area contributed by atoms with Crippen LogP contribution in [0.25, 0.3) is 0 Å². The Labute approximate surface area is 106 Å². The fourth-order valence-corrected chi connectivity index (χ4v) is 3.84. The van der Waals surface area contributed by atoms with E-state index in [1.54, 1.807) is 0 Å². The number of piperidine rings is 1. The van der Waals surface area contributed by atoms with Gasteiger partial charge in [-0.3, -0.25) is 4.79 Å². The smallest absolute Gasteiger partial charge is 0.226 e. The van der Waals surface area contributed by atoms with Crippen molar-refractivity contribution in [3.05, 3.63) is 0 Å². The van der Waals surface area contributed by atoms with Gasteiger partial charge in [0.05, 0.1) is 0 Å². The predicted molar refractivity (Wildman–Crippen MR) is 70.6 cm³/mol. The van der Waals surface area contributed by atoms with Crippen LogP contribution < -0.4 is 0 Å². The Morgan fingerprint density at radius 2 is 1.94 bits per heavy atom. The molecule has 0 radical (unpaired) electrons. The van der Waals surface area contributed by atoms with Crippen LogP contribution >= 0.6 is 0 Å². The Morgan fingerprint density at radius 3 is 2.65 bits per heavy atom. The van der Waals surface area contributed by atoms with E-state index in [-0.39, 0.29) is 0 Å². The van der Waals surface area contributed by atoms with Gasteiger partial charge in [-0.1, -0.05) is 33.6 Å². The van der Waals surface area contributed by atoms with Crippen LogP contribution in [0.4, 0.5) is 0 Å². The van der Waals surface area contributed by atoms with Crippen LogP contribution in [0.3, 0.4) is 0 Å². The van der Waals surface area contributed by atoms with Gasteiger partial charge in [0, 0.05) is 19.0 Å².